The maximum absolute atomic E-state index is 13.3. The van der Waals surface area contributed by atoms with Crippen LogP contribution in [0.1, 0.15) is 87.5 Å². The van der Waals surface area contributed by atoms with Crippen LogP contribution in [-0.2, 0) is 28.5 Å². The van der Waals surface area contributed by atoms with Gasteiger partial charge < -0.3 is 65.2 Å². The Balaban J connectivity index is 1.94. The van der Waals surface area contributed by atoms with Crippen molar-refractivity contribution in [3.05, 3.63) is 0 Å². The topological polar surface area (TPSA) is 235 Å². The van der Waals surface area contributed by atoms with Gasteiger partial charge in [0.15, 0.2) is 6.29 Å². The second-order valence-corrected chi connectivity index (χ2v) is 15.5. The summed E-state index contributed by atoms with van der Waals surface area (Å²) in [5.41, 5.74) is -1.64. The zero-order valence-electron chi connectivity index (χ0n) is 30.0. The Kier molecular flexibility index (Phi) is 14.5. The Morgan fingerprint density at radius 3 is 2.10 bits per heavy atom. The van der Waals surface area contributed by atoms with E-state index >= 15 is 0 Å². The maximum atomic E-state index is 13.3. The van der Waals surface area contributed by atoms with Crippen LogP contribution in [0.5, 0.6) is 0 Å². The molecule has 0 radical (unpaired) electrons. The fourth-order valence-corrected chi connectivity index (χ4v) is 6.59. The molecule has 8 N–H and O–H groups in total. The fraction of sp³-hybridized carbons (Fsp3) is 0.909. The summed E-state index contributed by atoms with van der Waals surface area (Å²) in [5.74, 6) is -1.74. The Labute approximate surface area is 288 Å². The summed E-state index contributed by atoms with van der Waals surface area (Å²) in [7, 11) is 0. The van der Waals surface area contributed by atoms with Crippen molar-refractivity contribution in [2.75, 3.05) is 13.2 Å². The molecule has 1 aliphatic carbocycles. The fourth-order valence-electron chi connectivity index (χ4n) is 6.59. The highest BCUT2D eigenvalue weighted by atomic mass is 16.7. The van der Waals surface area contributed by atoms with Gasteiger partial charge in [-0.1, -0.05) is 13.8 Å². The highest BCUT2D eigenvalue weighted by Gasteiger charge is 2.53. The number of alkyl carbamates (subject to hydrolysis) is 2. The van der Waals surface area contributed by atoms with Crippen LogP contribution in [0.3, 0.4) is 0 Å². The van der Waals surface area contributed by atoms with Gasteiger partial charge in [0.05, 0.1) is 43.6 Å². The van der Waals surface area contributed by atoms with Crippen LogP contribution in [0.25, 0.3) is 0 Å². The molecule has 0 aromatic heterocycles. The Morgan fingerprint density at radius 2 is 1.51 bits per heavy atom. The summed E-state index contributed by atoms with van der Waals surface area (Å²) in [6, 6.07) is -1.91. The lowest BCUT2D eigenvalue weighted by molar-refractivity contribution is -0.302. The van der Waals surface area contributed by atoms with Crippen LogP contribution in [0.4, 0.5) is 9.59 Å². The molecule has 16 heteroatoms. The van der Waals surface area contributed by atoms with Crippen molar-refractivity contribution in [2.45, 2.75) is 166 Å². The summed E-state index contributed by atoms with van der Waals surface area (Å²) < 4.78 is 29.1. The minimum Gasteiger partial charge on any atom is -0.444 e. The molecule has 0 bridgehead atoms. The first-order valence-corrected chi connectivity index (χ1v) is 17.3. The molecule has 0 aromatic carbocycles. The normalized spacial score (nSPS) is 36.3. The van der Waals surface area contributed by atoms with Gasteiger partial charge in [0.2, 0.25) is 0 Å². The molecule has 13 atom stereocenters. The van der Waals surface area contributed by atoms with Crippen molar-refractivity contribution < 1.29 is 63.6 Å². The number of amides is 3. The molecule has 2 saturated heterocycles. The lowest BCUT2D eigenvalue weighted by Crippen LogP contribution is -2.68. The largest absolute Gasteiger partial charge is 0.444 e. The van der Waals surface area contributed by atoms with Gasteiger partial charge in [-0.25, -0.2) is 9.59 Å². The quantitative estimate of drug-likeness (QED) is 0.154. The van der Waals surface area contributed by atoms with Crippen LogP contribution in [0.15, 0.2) is 0 Å². The van der Waals surface area contributed by atoms with E-state index in [0.29, 0.717) is 0 Å². The number of hydrogen-bond acceptors (Lipinski definition) is 13. The first-order valence-electron chi connectivity index (χ1n) is 17.3. The second kappa shape index (κ2) is 17.3. The number of rotatable bonds is 10. The first kappa shape index (κ1) is 41.1. The van der Waals surface area contributed by atoms with Crippen molar-refractivity contribution in [3.8, 4) is 0 Å². The van der Waals surface area contributed by atoms with E-state index in [1.807, 2.05) is 13.8 Å². The van der Waals surface area contributed by atoms with Gasteiger partial charge in [0.25, 0.3) is 5.91 Å². The van der Waals surface area contributed by atoms with Crippen LogP contribution >= 0.6 is 0 Å². The lowest BCUT2D eigenvalue weighted by atomic mass is 9.70. The highest BCUT2D eigenvalue weighted by molar-refractivity contribution is 5.82. The standard InChI is InChI=1S/C33H59N3O13/c1-9-17-11-10-16(2)26(45-17)24-18(36-31(44)49-33(6,7)8)12-19(35-28(42)22(40)14-34-30(43)48-32(3,4)5)27(25(24)41)47-29-21(39)13-20(38)23(15-37)46-29/h16-27,29,37-41H,9-15H2,1-8H3,(H,34,43)(H,35,42)(H,36,44). The molecule has 0 aromatic rings. The highest BCUT2D eigenvalue weighted by Crippen LogP contribution is 2.40. The van der Waals surface area contributed by atoms with E-state index in [1.54, 1.807) is 41.5 Å². The van der Waals surface area contributed by atoms with E-state index in [-0.39, 0.29) is 24.9 Å². The summed E-state index contributed by atoms with van der Waals surface area (Å²) in [6.45, 7) is 13.1. The number of carbonyl (C=O) groups is 3. The lowest BCUT2D eigenvalue weighted by Gasteiger charge is -2.51. The average Bonchev–Trinajstić information content (AvgIpc) is 2.97. The van der Waals surface area contributed by atoms with Gasteiger partial charge in [-0.15, -0.1) is 0 Å². The Morgan fingerprint density at radius 1 is 0.878 bits per heavy atom. The van der Waals surface area contributed by atoms with Crippen LogP contribution < -0.4 is 16.0 Å². The predicted octanol–water partition coefficient (Wildman–Crippen LogP) is 0.439. The monoisotopic (exact) mass is 705 g/mol. The van der Waals surface area contributed by atoms with E-state index < -0.39 is 109 Å². The van der Waals surface area contributed by atoms with Gasteiger partial charge in [0, 0.05) is 18.4 Å². The van der Waals surface area contributed by atoms with E-state index in [0.717, 1.165) is 19.3 Å². The van der Waals surface area contributed by atoms with Crippen LogP contribution in [0.2, 0.25) is 0 Å². The molecule has 49 heavy (non-hydrogen) atoms. The molecule has 2 aliphatic heterocycles. The van der Waals surface area contributed by atoms with Gasteiger partial charge in [0.1, 0.15) is 35.6 Å². The van der Waals surface area contributed by atoms with Gasteiger partial charge >= 0.3 is 12.2 Å². The third kappa shape index (κ3) is 11.9. The molecule has 16 nitrogen and oxygen atoms in total. The molecule has 3 aliphatic rings. The summed E-state index contributed by atoms with van der Waals surface area (Å²) in [5, 5.41) is 61.5. The van der Waals surface area contributed by atoms with E-state index in [2.05, 4.69) is 16.0 Å². The minimum absolute atomic E-state index is 0.0260. The molecule has 3 rings (SSSR count). The zero-order valence-corrected chi connectivity index (χ0v) is 30.0. The van der Waals surface area contributed by atoms with Crippen molar-refractivity contribution in [1.82, 2.24) is 16.0 Å². The number of aliphatic hydroxyl groups excluding tert-OH is 5. The van der Waals surface area contributed by atoms with E-state index in [9.17, 15) is 39.9 Å². The summed E-state index contributed by atoms with van der Waals surface area (Å²) in [4.78, 5) is 38.6. The molecule has 0 spiro atoms. The third-order valence-electron chi connectivity index (χ3n) is 8.97. The molecule has 2 heterocycles. The van der Waals surface area contributed by atoms with Crippen molar-refractivity contribution in [2.24, 2.45) is 11.8 Å². The zero-order chi connectivity index (χ0) is 36.8. The smallest absolute Gasteiger partial charge is 0.407 e. The average molecular weight is 706 g/mol. The molecule has 3 amide bonds. The van der Waals surface area contributed by atoms with Crippen LogP contribution in [0, 0.1) is 11.8 Å². The molecular formula is C33H59N3O13. The molecular weight excluding hydrogens is 646 g/mol. The van der Waals surface area contributed by atoms with Gasteiger partial charge in [-0.05, 0) is 73.1 Å². The number of nitrogens with one attached hydrogen (secondary N) is 3. The van der Waals surface area contributed by atoms with Crippen molar-refractivity contribution in [3.63, 3.8) is 0 Å². The Hall–Kier alpha value is -2.31. The number of ether oxygens (including phenoxy) is 5. The van der Waals surface area contributed by atoms with E-state index in [1.165, 1.54) is 0 Å². The van der Waals surface area contributed by atoms with Gasteiger partial charge in [-0.2, -0.15) is 0 Å². The number of aliphatic hydroxyl groups is 5. The number of carbonyl (C=O) groups excluding carboxylic acids is 3. The molecule has 13 unspecified atom stereocenters. The van der Waals surface area contributed by atoms with E-state index in [4.69, 9.17) is 23.7 Å². The Bertz CT molecular complexity index is 1100. The maximum Gasteiger partial charge on any atom is 0.407 e. The third-order valence-corrected chi connectivity index (χ3v) is 8.97. The van der Waals surface area contributed by atoms with Crippen molar-refractivity contribution in [1.29, 1.82) is 0 Å². The molecule has 284 valence electrons. The SMILES string of the molecule is CCC1CCC(C)C(C2C(NC(=O)OC(C)(C)C)CC(NC(=O)C(O)CNC(=O)OC(C)(C)C)C(OC3OC(CO)C(O)CC3O)C2O)O1. The molecule has 1 saturated carbocycles. The van der Waals surface area contributed by atoms with Gasteiger partial charge in [-0.3, -0.25) is 4.79 Å². The minimum atomic E-state index is -1.74. The van der Waals surface area contributed by atoms with Crippen LogP contribution in [-0.4, -0.2) is 135 Å². The molecule has 3 fully saturated rings. The first-order chi connectivity index (χ1) is 22.7. The summed E-state index contributed by atoms with van der Waals surface area (Å²) in [6.07, 6.45) is -9.55. The van der Waals surface area contributed by atoms with Crippen molar-refractivity contribution >= 4 is 18.1 Å². The summed E-state index contributed by atoms with van der Waals surface area (Å²) >= 11 is 0. The predicted molar refractivity (Wildman–Crippen MR) is 174 cm³/mol. The second-order valence-electron chi connectivity index (χ2n) is 15.5. The number of hydrogen-bond donors (Lipinski definition) is 8.